The first kappa shape index (κ1) is 66.6. The molecule has 0 heterocycles. The van der Waals surface area contributed by atoms with E-state index in [1.165, 1.54) is 283 Å². The van der Waals surface area contributed by atoms with Crippen molar-refractivity contribution in [3.05, 3.63) is 12.2 Å². The maximum atomic E-state index is 12.4. The van der Waals surface area contributed by atoms with Crippen LogP contribution in [0.1, 0.15) is 348 Å². The van der Waals surface area contributed by atoms with E-state index in [0.717, 1.165) is 38.5 Å². The Labute approximate surface area is 425 Å². The number of ether oxygens (including phenoxy) is 1. The van der Waals surface area contributed by atoms with Gasteiger partial charge in [-0.25, -0.2) is 0 Å². The number of unbranched alkanes of at least 4 members (excludes halogenated alkanes) is 47. The van der Waals surface area contributed by atoms with Gasteiger partial charge in [0.1, 0.15) is 0 Å². The van der Waals surface area contributed by atoms with Crippen molar-refractivity contribution in [3.8, 4) is 0 Å². The van der Waals surface area contributed by atoms with E-state index in [0.29, 0.717) is 19.4 Å². The third-order valence-electron chi connectivity index (χ3n) is 14.6. The van der Waals surface area contributed by atoms with Crippen LogP contribution in [0.15, 0.2) is 12.2 Å². The van der Waals surface area contributed by atoms with Crippen molar-refractivity contribution < 1.29 is 24.5 Å². The molecule has 0 rings (SSSR count). The van der Waals surface area contributed by atoms with Crippen LogP contribution in [-0.4, -0.2) is 47.4 Å². The number of rotatable bonds is 58. The van der Waals surface area contributed by atoms with Gasteiger partial charge in [0.05, 0.1) is 25.4 Å². The van der Waals surface area contributed by atoms with Crippen LogP contribution in [0.5, 0.6) is 0 Å². The van der Waals surface area contributed by atoms with Crippen molar-refractivity contribution >= 4 is 11.9 Å². The Balaban J connectivity index is 3.36. The fourth-order valence-electron chi connectivity index (χ4n) is 9.81. The second-order valence-electron chi connectivity index (χ2n) is 21.4. The number of hydrogen-bond donors (Lipinski definition) is 3. The molecule has 0 radical (unpaired) electrons. The highest BCUT2D eigenvalue weighted by Crippen LogP contribution is 2.18. The molecule has 0 saturated heterocycles. The summed E-state index contributed by atoms with van der Waals surface area (Å²) in [6.45, 7) is 4.92. The summed E-state index contributed by atoms with van der Waals surface area (Å²) >= 11 is 0. The maximum absolute atomic E-state index is 12.4. The summed E-state index contributed by atoms with van der Waals surface area (Å²) < 4.78 is 5.49. The van der Waals surface area contributed by atoms with Gasteiger partial charge in [-0.1, -0.05) is 315 Å². The number of esters is 1. The lowest BCUT2D eigenvalue weighted by atomic mass is 10.0. The van der Waals surface area contributed by atoms with E-state index >= 15 is 0 Å². The Morgan fingerprint density at radius 2 is 0.676 bits per heavy atom. The Morgan fingerprint density at radius 1 is 0.397 bits per heavy atom. The van der Waals surface area contributed by atoms with E-state index in [1.54, 1.807) is 6.08 Å². The lowest BCUT2D eigenvalue weighted by molar-refractivity contribution is -0.143. The SMILES string of the molecule is CCCCCCCCCCCCC/C=C/C(O)C(CO)NC(=O)CCCCCCCCCCCCCCCCCCCCCCCCCOC(=O)CCCCCCCCCCCCCCCCC. The molecule has 0 aromatic carbocycles. The zero-order chi connectivity index (χ0) is 49.3. The highest BCUT2D eigenvalue weighted by molar-refractivity contribution is 5.76. The summed E-state index contributed by atoms with van der Waals surface area (Å²) in [6.07, 6.45) is 69.7. The first-order valence-corrected chi connectivity index (χ1v) is 31.0. The normalized spacial score (nSPS) is 12.6. The summed E-state index contributed by atoms with van der Waals surface area (Å²) in [7, 11) is 0. The van der Waals surface area contributed by atoms with E-state index in [2.05, 4.69) is 19.2 Å². The number of aliphatic hydroxyl groups is 2. The van der Waals surface area contributed by atoms with Crippen molar-refractivity contribution in [2.24, 2.45) is 0 Å². The van der Waals surface area contributed by atoms with Gasteiger partial charge in [0.2, 0.25) is 5.91 Å². The van der Waals surface area contributed by atoms with Crippen LogP contribution in [0.3, 0.4) is 0 Å². The molecule has 0 fully saturated rings. The third kappa shape index (κ3) is 53.9. The average molecular weight is 961 g/mol. The monoisotopic (exact) mass is 960 g/mol. The van der Waals surface area contributed by atoms with E-state index in [1.807, 2.05) is 6.08 Å². The van der Waals surface area contributed by atoms with Gasteiger partial charge < -0.3 is 20.3 Å². The number of carbonyl (C=O) groups is 2. The molecule has 6 heteroatoms. The average Bonchev–Trinajstić information content (AvgIpc) is 3.34. The van der Waals surface area contributed by atoms with Crippen LogP contribution in [0.2, 0.25) is 0 Å². The Kier molecular flexibility index (Phi) is 57.0. The smallest absolute Gasteiger partial charge is 0.305 e. The number of amides is 1. The predicted octanol–water partition coefficient (Wildman–Crippen LogP) is 19.2. The largest absolute Gasteiger partial charge is 0.466 e. The highest BCUT2D eigenvalue weighted by atomic mass is 16.5. The zero-order valence-electron chi connectivity index (χ0n) is 46.1. The lowest BCUT2D eigenvalue weighted by Crippen LogP contribution is -2.45. The van der Waals surface area contributed by atoms with Crippen LogP contribution in [0.4, 0.5) is 0 Å². The minimum absolute atomic E-state index is 0.0173. The summed E-state index contributed by atoms with van der Waals surface area (Å²) in [4.78, 5) is 24.5. The summed E-state index contributed by atoms with van der Waals surface area (Å²) in [5.74, 6) is -0.0487. The quantitative estimate of drug-likeness (QED) is 0.0321. The molecule has 0 aliphatic rings. The molecule has 6 nitrogen and oxygen atoms in total. The number of carbonyl (C=O) groups excluding carboxylic acids is 2. The van der Waals surface area contributed by atoms with Gasteiger partial charge in [-0.2, -0.15) is 0 Å². The fourth-order valence-corrected chi connectivity index (χ4v) is 9.81. The molecule has 0 aromatic rings. The van der Waals surface area contributed by atoms with Crippen LogP contribution in [0.25, 0.3) is 0 Å². The molecular formula is C62H121NO5. The number of aliphatic hydroxyl groups excluding tert-OH is 2. The van der Waals surface area contributed by atoms with Crippen molar-refractivity contribution in [1.29, 1.82) is 0 Å². The number of nitrogens with one attached hydrogen (secondary N) is 1. The minimum atomic E-state index is -0.842. The van der Waals surface area contributed by atoms with Gasteiger partial charge in [0.25, 0.3) is 0 Å². The van der Waals surface area contributed by atoms with Crippen molar-refractivity contribution in [1.82, 2.24) is 5.32 Å². The molecule has 0 aliphatic carbocycles. The molecule has 0 aliphatic heterocycles. The van der Waals surface area contributed by atoms with E-state index in [9.17, 15) is 19.8 Å². The van der Waals surface area contributed by atoms with Gasteiger partial charge in [-0.15, -0.1) is 0 Å². The van der Waals surface area contributed by atoms with Crippen LogP contribution >= 0.6 is 0 Å². The zero-order valence-corrected chi connectivity index (χ0v) is 46.1. The number of hydrogen-bond acceptors (Lipinski definition) is 5. The van der Waals surface area contributed by atoms with Crippen LogP contribution in [0, 0.1) is 0 Å². The Morgan fingerprint density at radius 3 is 1.00 bits per heavy atom. The molecule has 0 aromatic heterocycles. The Hall–Kier alpha value is -1.40. The Bertz CT molecular complexity index is 1020. The van der Waals surface area contributed by atoms with Gasteiger partial charge in [-0.05, 0) is 32.1 Å². The second kappa shape index (κ2) is 58.2. The summed E-state index contributed by atoms with van der Waals surface area (Å²) in [5, 5.41) is 23.1. The molecule has 0 spiro atoms. The first-order valence-electron chi connectivity index (χ1n) is 31.0. The van der Waals surface area contributed by atoms with Crippen molar-refractivity contribution in [2.75, 3.05) is 13.2 Å². The maximum Gasteiger partial charge on any atom is 0.305 e. The fraction of sp³-hybridized carbons (Fsp3) is 0.935. The first-order chi connectivity index (χ1) is 33.5. The molecule has 0 saturated carbocycles. The van der Waals surface area contributed by atoms with Crippen molar-refractivity contribution in [2.45, 2.75) is 360 Å². The molecule has 2 unspecified atom stereocenters. The van der Waals surface area contributed by atoms with Gasteiger partial charge in [-0.3, -0.25) is 9.59 Å². The van der Waals surface area contributed by atoms with Gasteiger partial charge in [0, 0.05) is 12.8 Å². The summed E-state index contributed by atoms with van der Waals surface area (Å²) in [6, 6.07) is -0.626. The summed E-state index contributed by atoms with van der Waals surface area (Å²) in [5.41, 5.74) is 0. The second-order valence-corrected chi connectivity index (χ2v) is 21.4. The topological polar surface area (TPSA) is 95.9 Å². The molecule has 1 amide bonds. The van der Waals surface area contributed by atoms with E-state index in [-0.39, 0.29) is 18.5 Å². The molecular weight excluding hydrogens is 839 g/mol. The van der Waals surface area contributed by atoms with E-state index < -0.39 is 12.1 Å². The van der Waals surface area contributed by atoms with E-state index in [4.69, 9.17) is 4.74 Å². The third-order valence-corrected chi connectivity index (χ3v) is 14.6. The highest BCUT2D eigenvalue weighted by Gasteiger charge is 2.18. The molecule has 0 bridgehead atoms. The minimum Gasteiger partial charge on any atom is -0.466 e. The molecule has 68 heavy (non-hydrogen) atoms. The lowest BCUT2D eigenvalue weighted by Gasteiger charge is -2.20. The standard InChI is InChI=1S/C62H121NO5/c1-3-5-7-9-11-13-15-17-27-32-36-40-44-48-52-56-62(67)68-57-53-49-45-41-37-33-29-26-24-22-20-18-19-21-23-25-28-31-35-39-43-47-51-55-61(66)63-59(58-64)60(65)54-50-46-42-38-34-30-16-14-12-10-8-6-4-2/h50,54,59-60,64-65H,3-49,51-53,55-58H2,1-2H3,(H,63,66)/b54-50+. The van der Waals surface area contributed by atoms with Crippen LogP contribution < -0.4 is 5.32 Å². The van der Waals surface area contributed by atoms with Gasteiger partial charge in [0.15, 0.2) is 0 Å². The van der Waals surface area contributed by atoms with Gasteiger partial charge >= 0.3 is 5.97 Å². The molecule has 3 N–H and O–H groups in total. The van der Waals surface area contributed by atoms with Crippen LogP contribution in [-0.2, 0) is 14.3 Å². The predicted molar refractivity (Wildman–Crippen MR) is 297 cm³/mol. The van der Waals surface area contributed by atoms with Crippen molar-refractivity contribution in [3.63, 3.8) is 0 Å². The molecule has 404 valence electrons. The number of allylic oxidation sites excluding steroid dienone is 1. The molecule has 2 atom stereocenters.